The van der Waals surface area contributed by atoms with Gasteiger partial charge in [-0.2, -0.15) is 0 Å². The molecule has 2 N–H and O–H groups in total. The number of nitrogens with one attached hydrogen (secondary N) is 2. The molecule has 2 rings (SSSR count). The Kier molecular flexibility index (Phi) is 7.12. The lowest BCUT2D eigenvalue weighted by Gasteiger charge is -2.34. The summed E-state index contributed by atoms with van der Waals surface area (Å²) in [7, 11) is -4.21. The second kappa shape index (κ2) is 9.12. The minimum Gasteiger partial charge on any atom is -0.453 e. The van der Waals surface area contributed by atoms with Crippen molar-refractivity contribution in [1.29, 1.82) is 0 Å². The van der Waals surface area contributed by atoms with Crippen LogP contribution >= 0.6 is 0 Å². The summed E-state index contributed by atoms with van der Waals surface area (Å²) in [6.45, 7) is 8.36. The SMILES string of the molecule is C[Si](C)(CNC(=O)c1ccccc1)O[Si](C)(C)CNC(=O)c1ccccc1. The van der Waals surface area contributed by atoms with Gasteiger partial charge in [-0.05, 0) is 50.5 Å². The quantitative estimate of drug-likeness (QED) is 0.668. The van der Waals surface area contributed by atoms with Crippen LogP contribution in [0.2, 0.25) is 26.2 Å². The van der Waals surface area contributed by atoms with Crippen molar-refractivity contribution in [2.75, 3.05) is 12.3 Å². The number of carbonyl (C=O) groups is 2. The third-order valence-electron chi connectivity index (χ3n) is 3.97. The van der Waals surface area contributed by atoms with E-state index in [2.05, 4.69) is 36.8 Å². The summed E-state index contributed by atoms with van der Waals surface area (Å²) in [6.07, 6.45) is 1.06. The first kappa shape index (κ1) is 21.1. The topological polar surface area (TPSA) is 67.4 Å². The van der Waals surface area contributed by atoms with Crippen LogP contribution in [0.1, 0.15) is 20.7 Å². The van der Waals surface area contributed by atoms with Gasteiger partial charge >= 0.3 is 0 Å². The van der Waals surface area contributed by atoms with E-state index < -0.39 is 16.6 Å². The Morgan fingerprint density at radius 1 is 0.704 bits per heavy atom. The Hall–Kier alpha value is -2.23. The van der Waals surface area contributed by atoms with Crippen molar-refractivity contribution in [3.05, 3.63) is 71.8 Å². The monoisotopic (exact) mass is 400 g/mol. The first-order chi connectivity index (χ1) is 12.7. The van der Waals surface area contributed by atoms with Gasteiger partial charge in [-0.15, -0.1) is 0 Å². The summed E-state index contributed by atoms with van der Waals surface area (Å²) < 4.78 is 6.45. The van der Waals surface area contributed by atoms with E-state index in [0.717, 1.165) is 0 Å². The minimum atomic E-state index is -2.11. The Bertz CT molecular complexity index is 700. The molecule has 0 aromatic heterocycles. The van der Waals surface area contributed by atoms with Crippen LogP contribution < -0.4 is 10.6 Å². The van der Waals surface area contributed by atoms with Gasteiger partial charge in [-0.3, -0.25) is 9.59 Å². The fraction of sp³-hybridized carbons (Fsp3) is 0.300. The molecule has 2 amide bonds. The van der Waals surface area contributed by atoms with Gasteiger partial charge in [0, 0.05) is 23.5 Å². The predicted molar refractivity (Wildman–Crippen MR) is 114 cm³/mol. The average Bonchev–Trinajstić information content (AvgIpc) is 2.65. The van der Waals surface area contributed by atoms with Crippen LogP contribution in [-0.2, 0) is 4.12 Å². The molecule has 0 aliphatic heterocycles. The van der Waals surface area contributed by atoms with Gasteiger partial charge in [-0.1, -0.05) is 36.4 Å². The van der Waals surface area contributed by atoms with Crippen molar-refractivity contribution in [2.45, 2.75) is 26.2 Å². The second-order valence-electron chi connectivity index (χ2n) is 7.72. The number of rotatable bonds is 8. The van der Waals surface area contributed by atoms with Gasteiger partial charge in [0.2, 0.25) is 0 Å². The van der Waals surface area contributed by atoms with Crippen LogP contribution in [-0.4, -0.2) is 40.8 Å². The standard InChI is InChI=1S/C20H28N2O3Si2/c1-26(2,15-21-19(23)17-11-7-5-8-12-17)25-27(3,4)16-22-20(24)18-13-9-6-10-14-18/h5-14H,15-16H2,1-4H3,(H,21,23)(H,22,24). The molecule has 0 saturated heterocycles. The van der Waals surface area contributed by atoms with Crippen LogP contribution in [0.5, 0.6) is 0 Å². The largest absolute Gasteiger partial charge is 0.453 e. The molecule has 0 saturated carbocycles. The van der Waals surface area contributed by atoms with Crippen molar-refractivity contribution >= 4 is 28.4 Å². The smallest absolute Gasteiger partial charge is 0.251 e. The first-order valence-corrected chi connectivity index (χ1v) is 15.3. The van der Waals surface area contributed by atoms with E-state index in [1.165, 1.54) is 0 Å². The van der Waals surface area contributed by atoms with E-state index in [0.29, 0.717) is 23.5 Å². The van der Waals surface area contributed by atoms with Crippen molar-refractivity contribution < 1.29 is 13.7 Å². The molecule has 7 heteroatoms. The Labute approximate surface area is 163 Å². The van der Waals surface area contributed by atoms with Crippen LogP contribution in [0, 0.1) is 0 Å². The van der Waals surface area contributed by atoms with Gasteiger partial charge in [0.15, 0.2) is 16.6 Å². The molecule has 2 aromatic rings. The number of carbonyl (C=O) groups excluding carboxylic acids is 2. The maximum atomic E-state index is 12.2. The van der Waals surface area contributed by atoms with E-state index in [1.807, 2.05) is 36.4 Å². The van der Waals surface area contributed by atoms with Gasteiger partial charge < -0.3 is 14.7 Å². The lowest BCUT2D eigenvalue weighted by atomic mass is 10.2. The van der Waals surface area contributed by atoms with Gasteiger partial charge in [0.05, 0.1) is 0 Å². The zero-order valence-electron chi connectivity index (χ0n) is 16.4. The van der Waals surface area contributed by atoms with Crippen LogP contribution in [0.4, 0.5) is 0 Å². The van der Waals surface area contributed by atoms with E-state index in [-0.39, 0.29) is 11.8 Å². The van der Waals surface area contributed by atoms with Gasteiger partial charge in [0.1, 0.15) is 0 Å². The molecule has 0 aliphatic carbocycles. The molecule has 144 valence electrons. The molecule has 0 aliphatic rings. The molecule has 0 heterocycles. The van der Waals surface area contributed by atoms with E-state index in [1.54, 1.807) is 24.3 Å². The van der Waals surface area contributed by atoms with Crippen LogP contribution in [0.25, 0.3) is 0 Å². The maximum absolute atomic E-state index is 12.2. The average molecular weight is 401 g/mol. The van der Waals surface area contributed by atoms with E-state index >= 15 is 0 Å². The Balaban J connectivity index is 1.85. The lowest BCUT2D eigenvalue weighted by Crippen LogP contribution is -2.55. The Morgan fingerprint density at radius 2 is 1.04 bits per heavy atom. The molecule has 0 radical (unpaired) electrons. The van der Waals surface area contributed by atoms with Gasteiger partial charge in [0.25, 0.3) is 11.8 Å². The zero-order chi connectivity index (χ0) is 19.9. The van der Waals surface area contributed by atoms with Crippen molar-refractivity contribution in [2.24, 2.45) is 0 Å². The van der Waals surface area contributed by atoms with E-state index in [9.17, 15) is 9.59 Å². The molecular formula is C20H28N2O3Si2. The summed E-state index contributed by atoms with van der Waals surface area (Å²) in [5.74, 6) is -0.173. The number of hydrogen-bond donors (Lipinski definition) is 2. The summed E-state index contributed by atoms with van der Waals surface area (Å²) >= 11 is 0. The second-order valence-corrected chi connectivity index (χ2v) is 16.3. The molecular weight excluding hydrogens is 372 g/mol. The molecule has 5 nitrogen and oxygen atoms in total. The maximum Gasteiger partial charge on any atom is 0.251 e. The van der Waals surface area contributed by atoms with Crippen LogP contribution in [0.3, 0.4) is 0 Å². The number of benzene rings is 2. The highest BCUT2D eigenvalue weighted by molar-refractivity contribution is 6.85. The summed E-state index contributed by atoms with van der Waals surface area (Å²) in [5.41, 5.74) is 1.29. The summed E-state index contributed by atoms with van der Waals surface area (Å²) in [4.78, 5) is 24.5. The van der Waals surface area contributed by atoms with E-state index in [4.69, 9.17) is 4.12 Å². The molecule has 0 fully saturated rings. The highest BCUT2D eigenvalue weighted by Crippen LogP contribution is 2.14. The summed E-state index contributed by atoms with van der Waals surface area (Å²) in [6, 6.07) is 18.3. The molecule has 0 atom stereocenters. The van der Waals surface area contributed by atoms with Gasteiger partial charge in [-0.25, -0.2) is 0 Å². The molecule has 0 unspecified atom stereocenters. The first-order valence-electron chi connectivity index (χ1n) is 9.05. The van der Waals surface area contributed by atoms with Crippen LogP contribution in [0.15, 0.2) is 60.7 Å². The fourth-order valence-electron chi connectivity index (χ4n) is 2.79. The van der Waals surface area contributed by atoms with Crippen molar-refractivity contribution in [1.82, 2.24) is 10.6 Å². The van der Waals surface area contributed by atoms with Crippen molar-refractivity contribution in [3.8, 4) is 0 Å². The third kappa shape index (κ3) is 7.12. The zero-order valence-corrected chi connectivity index (χ0v) is 18.4. The predicted octanol–water partition coefficient (Wildman–Crippen LogP) is 3.35. The molecule has 27 heavy (non-hydrogen) atoms. The molecule has 0 spiro atoms. The fourth-order valence-corrected chi connectivity index (χ4v) is 10.5. The number of amides is 2. The highest BCUT2D eigenvalue weighted by atomic mass is 28.4. The lowest BCUT2D eigenvalue weighted by molar-refractivity contribution is 0.0951. The number of hydrogen-bond acceptors (Lipinski definition) is 3. The normalized spacial score (nSPS) is 11.7. The minimum absolute atomic E-state index is 0.0865. The Morgan fingerprint density at radius 3 is 1.37 bits per heavy atom. The third-order valence-corrected chi connectivity index (χ3v) is 10.5. The van der Waals surface area contributed by atoms with Crippen molar-refractivity contribution in [3.63, 3.8) is 0 Å². The summed E-state index contributed by atoms with van der Waals surface area (Å²) in [5, 5.41) is 5.97. The highest BCUT2D eigenvalue weighted by Gasteiger charge is 2.33. The molecule has 2 aromatic carbocycles. The molecule has 0 bridgehead atoms.